The lowest BCUT2D eigenvalue weighted by atomic mass is 10.2. The van der Waals surface area contributed by atoms with Gasteiger partial charge >= 0.3 is 0 Å². The van der Waals surface area contributed by atoms with Gasteiger partial charge in [0.2, 0.25) is 0 Å². The summed E-state index contributed by atoms with van der Waals surface area (Å²) < 4.78 is 0. The summed E-state index contributed by atoms with van der Waals surface area (Å²) in [6.07, 6.45) is 2.59. The molecule has 2 atom stereocenters. The number of hydrogen-bond acceptors (Lipinski definition) is 1. The van der Waals surface area contributed by atoms with E-state index in [1.807, 2.05) is 12.1 Å². The van der Waals surface area contributed by atoms with Crippen LogP contribution in [-0.2, 0) is 6.54 Å². The van der Waals surface area contributed by atoms with Crippen LogP contribution in [0.2, 0.25) is 5.02 Å². The maximum Gasteiger partial charge on any atom is 0.0705 e. The van der Waals surface area contributed by atoms with Gasteiger partial charge in [-0.3, -0.25) is 0 Å². The van der Waals surface area contributed by atoms with E-state index < -0.39 is 0 Å². The summed E-state index contributed by atoms with van der Waals surface area (Å²) in [5, 5.41) is 5.54. The summed E-state index contributed by atoms with van der Waals surface area (Å²) >= 11 is 6.36. The third-order valence-electron chi connectivity index (χ3n) is 3.70. The van der Waals surface area contributed by atoms with Gasteiger partial charge in [0.25, 0.3) is 0 Å². The molecular weight excluding hydrogens is 232 g/mol. The van der Waals surface area contributed by atoms with Gasteiger partial charge in [0.05, 0.1) is 5.02 Å². The van der Waals surface area contributed by atoms with E-state index in [-0.39, 0.29) is 0 Å². The van der Waals surface area contributed by atoms with Crippen molar-refractivity contribution in [2.24, 2.45) is 5.92 Å². The Hall–Kier alpha value is -0.990. The maximum atomic E-state index is 6.36. The van der Waals surface area contributed by atoms with Gasteiger partial charge in [0, 0.05) is 29.2 Å². The highest BCUT2D eigenvalue weighted by atomic mass is 35.5. The molecule has 3 heteroatoms. The summed E-state index contributed by atoms with van der Waals surface area (Å²) in [6, 6.07) is 8.87. The van der Waals surface area contributed by atoms with Crippen LogP contribution in [0.15, 0.2) is 24.3 Å². The number of aromatic nitrogens is 1. The molecule has 1 aromatic carbocycles. The number of H-pyrrole nitrogens is 1. The number of fused-ring (bicyclic) bond motifs is 1. The predicted octanol–water partition coefficient (Wildman–Crippen LogP) is 3.71. The highest BCUT2D eigenvalue weighted by molar-refractivity contribution is 6.36. The van der Waals surface area contributed by atoms with Crippen molar-refractivity contribution in [1.29, 1.82) is 0 Å². The fourth-order valence-corrected chi connectivity index (χ4v) is 2.75. The Morgan fingerprint density at radius 3 is 2.94 bits per heavy atom. The van der Waals surface area contributed by atoms with Crippen molar-refractivity contribution in [1.82, 2.24) is 10.3 Å². The number of rotatable bonds is 4. The lowest BCUT2D eigenvalue weighted by Gasteiger charge is -2.02. The molecule has 3 rings (SSSR count). The van der Waals surface area contributed by atoms with Gasteiger partial charge in [-0.2, -0.15) is 0 Å². The van der Waals surface area contributed by atoms with Crippen molar-refractivity contribution < 1.29 is 0 Å². The first-order chi connectivity index (χ1) is 8.29. The fraction of sp³-hybridized carbons (Fsp3) is 0.429. The number of hydrogen-bond donors (Lipinski definition) is 2. The molecule has 1 aliphatic rings. The highest BCUT2D eigenvalue weighted by Crippen LogP contribution is 2.34. The van der Waals surface area contributed by atoms with Crippen molar-refractivity contribution in [3.63, 3.8) is 0 Å². The summed E-state index contributed by atoms with van der Waals surface area (Å²) in [5.41, 5.74) is 2.23. The normalized spacial score (nSPS) is 23.2. The Morgan fingerprint density at radius 1 is 1.41 bits per heavy atom. The average molecular weight is 249 g/mol. The van der Waals surface area contributed by atoms with Gasteiger partial charge in [0.1, 0.15) is 0 Å². The number of benzene rings is 1. The summed E-state index contributed by atoms with van der Waals surface area (Å²) in [5.74, 6) is 0.873. The van der Waals surface area contributed by atoms with E-state index in [1.165, 1.54) is 12.8 Å². The zero-order valence-corrected chi connectivity index (χ0v) is 10.7. The Kier molecular flexibility index (Phi) is 2.85. The van der Waals surface area contributed by atoms with Crippen LogP contribution in [0, 0.1) is 5.92 Å². The Balaban J connectivity index is 1.75. The van der Waals surface area contributed by atoms with Gasteiger partial charge in [-0.25, -0.2) is 0 Å². The van der Waals surface area contributed by atoms with Gasteiger partial charge in [-0.05, 0) is 18.4 Å². The second kappa shape index (κ2) is 4.35. The van der Waals surface area contributed by atoms with E-state index in [0.29, 0.717) is 6.04 Å². The first kappa shape index (κ1) is 11.1. The quantitative estimate of drug-likeness (QED) is 0.848. The Morgan fingerprint density at radius 2 is 2.24 bits per heavy atom. The average Bonchev–Trinajstić information content (AvgIpc) is 3.06. The van der Waals surface area contributed by atoms with Gasteiger partial charge in [-0.15, -0.1) is 0 Å². The lowest BCUT2D eigenvalue weighted by Crippen LogP contribution is -2.17. The van der Waals surface area contributed by atoms with E-state index in [0.717, 1.165) is 34.1 Å². The minimum absolute atomic E-state index is 0.697. The van der Waals surface area contributed by atoms with E-state index in [4.69, 9.17) is 11.6 Å². The zero-order chi connectivity index (χ0) is 11.8. The van der Waals surface area contributed by atoms with E-state index in [1.54, 1.807) is 0 Å². The van der Waals surface area contributed by atoms with Crippen LogP contribution in [0.25, 0.3) is 10.9 Å². The highest BCUT2D eigenvalue weighted by Gasteiger charge is 2.34. The van der Waals surface area contributed by atoms with Crippen LogP contribution >= 0.6 is 11.6 Å². The minimum Gasteiger partial charge on any atom is -0.356 e. The molecule has 1 saturated carbocycles. The third kappa shape index (κ3) is 2.07. The van der Waals surface area contributed by atoms with Crippen LogP contribution in [0.1, 0.15) is 25.5 Å². The molecule has 0 aliphatic heterocycles. The summed E-state index contributed by atoms with van der Waals surface area (Å²) in [7, 11) is 0. The second-order valence-electron chi connectivity index (χ2n) is 4.85. The van der Waals surface area contributed by atoms with Crippen molar-refractivity contribution in [3.8, 4) is 0 Å². The monoisotopic (exact) mass is 248 g/mol. The number of halogens is 1. The lowest BCUT2D eigenvalue weighted by molar-refractivity contribution is 0.618. The van der Waals surface area contributed by atoms with Crippen LogP contribution < -0.4 is 5.32 Å². The molecule has 90 valence electrons. The van der Waals surface area contributed by atoms with Gasteiger partial charge in [-0.1, -0.05) is 43.1 Å². The molecule has 0 bridgehead atoms. The molecule has 0 amide bonds. The van der Waals surface area contributed by atoms with Crippen molar-refractivity contribution in [3.05, 3.63) is 35.0 Å². The molecule has 1 aliphatic carbocycles. The molecule has 1 aromatic heterocycles. The second-order valence-corrected chi connectivity index (χ2v) is 5.23. The van der Waals surface area contributed by atoms with Crippen LogP contribution in [0.5, 0.6) is 0 Å². The topological polar surface area (TPSA) is 27.8 Å². The van der Waals surface area contributed by atoms with E-state index >= 15 is 0 Å². The molecule has 2 nitrogen and oxygen atoms in total. The van der Waals surface area contributed by atoms with Crippen LogP contribution in [0.4, 0.5) is 0 Å². The Labute approximate surface area is 106 Å². The van der Waals surface area contributed by atoms with Crippen molar-refractivity contribution >= 4 is 22.5 Å². The third-order valence-corrected chi connectivity index (χ3v) is 4.13. The van der Waals surface area contributed by atoms with Crippen molar-refractivity contribution in [2.45, 2.75) is 32.4 Å². The number of nitrogens with one attached hydrogen (secondary N) is 2. The molecule has 1 fully saturated rings. The van der Waals surface area contributed by atoms with Crippen molar-refractivity contribution in [2.75, 3.05) is 0 Å². The predicted molar refractivity (Wildman–Crippen MR) is 72.3 cm³/mol. The molecule has 17 heavy (non-hydrogen) atoms. The molecular formula is C14H17ClN2. The van der Waals surface area contributed by atoms with E-state index in [2.05, 4.69) is 29.4 Å². The molecule has 0 saturated heterocycles. The largest absolute Gasteiger partial charge is 0.356 e. The van der Waals surface area contributed by atoms with Crippen LogP contribution in [0.3, 0.4) is 0 Å². The molecule has 2 N–H and O–H groups in total. The first-order valence-corrected chi connectivity index (χ1v) is 6.66. The van der Waals surface area contributed by atoms with Gasteiger partial charge < -0.3 is 10.3 Å². The van der Waals surface area contributed by atoms with E-state index in [9.17, 15) is 0 Å². The maximum absolute atomic E-state index is 6.36. The molecule has 1 heterocycles. The number of para-hydroxylation sites is 1. The molecule has 0 radical (unpaired) electrons. The standard InChI is InChI=1S/C14H17ClN2/c1-2-9-7-12(9)16-8-13-14(15)10-5-3-4-6-11(10)17-13/h3-6,9,12,16-17H,2,7-8H2,1H3. The smallest absolute Gasteiger partial charge is 0.0705 e. The van der Waals surface area contributed by atoms with Gasteiger partial charge in [0.15, 0.2) is 0 Å². The molecule has 2 aromatic rings. The summed E-state index contributed by atoms with van der Waals surface area (Å²) in [6.45, 7) is 3.09. The Bertz CT molecular complexity index is 532. The number of aromatic amines is 1. The fourth-order valence-electron chi connectivity index (χ4n) is 2.47. The van der Waals surface area contributed by atoms with Crippen LogP contribution in [-0.4, -0.2) is 11.0 Å². The zero-order valence-electron chi connectivity index (χ0n) is 9.96. The first-order valence-electron chi connectivity index (χ1n) is 6.28. The molecule has 0 spiro atoms. The molecule has 2 unspecified atom stereocenters. The SMILES string of the molecule is CCC1CC1NCc1[nH]c2ccccc2c1Cl. The summed E-state index contributed by atoms with van der Waals surface area (Å²) in [4.78, 5) is 3.39. The minimum atomic E-state index is 0.697.